The van der Waals surface area contributed by atoms with Gasteiger partial charge in [0.1, 0.15) is 0 Å². The molecule has 0 saturated heterocycles. The molecule has 0 spiro atoms. The van der Waals surface area contributed by atoms with Crippen molar-refractivity contribution < 1.29 is 21.6 Å². The second-order valence-electron chi connectivity index (χ2n) is 2.41. The van der Waals surface area contributed by atoms with Gasteiger partial charge in [0.2, 0.25) is 8.87 Å². The molecule has 0 heterocycles. The molecule has 1 aromatic rings. The molecule has 1 rings (SSSR count). The van der Waals surface area contributed by atoms with Crippen LogP contribution in [0.2, 0.25) is 5.02 Å². The molecule has 2 nitrogen and oxygen atoms in total. The highest BCUT2D eigenvalue weighted by atomic mass is 35.5. The Morgan fingerprint density at radius 2 is 1.73 bits per heavy atom. The molecular weight excluding hydrogens is 273 g/mol. The summed E-state index contributed by atoms with van der Waals surface area (Å²) in [7, 11) is -5.57. The van der Waals surface area contributed by atoms with E-state index in [2.05, 4.69) is 0 Å². The quantitative estimate of drug-likeness (QED) is 0.778. The first-order valence-corrected chi connectivity index (χ1v) is 6.69. The molecule has 1 aromatic carbocycles. The van der Waals surface area contributed by atoms with Gasteiger partial charge in [0.05, 0.1) is 20.7 Å². The van der Waals surface area contributed by atoms with Gasteiger partial charge in [0.25, 0.3) is 0 Å². The van der Waals surface area contributed by atoms with Crippen LogP contribution in [0, 0.1) is 0 Å². The summed E-state index contributed by atoms with van der Waals surface area (Å²) in [6.07, 6.45) is 0. The van der Waals surface area contributed by atoms with Crippen molar-refractivity contribution in [2.45, 2.75) is 10.4 Å². The van der Waals surface area contributed by atoms with E-state index in [1.807, 2.05) is 0 Å². The number of hydrogen-bond donors (Lipinski definition) is 0. The standard InChI is InChI=1S/C7H4ClF3O2S2/c8-5-3-1-2-4-6(5)15(12,13)14-7(9,10)11/h1-4H. The highest BCUT2D eigenvalue weighted by molar-refractivity contribution is 8.72. The van der Waals surface area contributed by atoms with Crippen LogP contribution in [0.25, 0.3) is 0 Å². The first kappa shape index (κ1) is 12.7. The fourth-order valence-electron chi connectivity index (χ4n) is 0.817. The molecular formula is C7H4ClF3O2S2. The predicted octanol–water partition coefficient (Wildman–Crippen LogP) is 3.28. The third kappa shape index (κ3) is 3.58. The zero-order valence-corrected chi connectivity index (χ0v) is 9.34. The van der Waals surface area contributed by atoms with E-state index >= 15 is 0 Å². The topological polar surface area (TPSA) is 34.1 Å². The average Bonchev–Trinajstić information content (AvgIpc) is 1.99. The number of rotatable bonds is 2. The van der Waals surface area contributed by atoms with Gasteiger partial charge in [0, 0.05) is 0 Å². The Morgan fingerprint density at radius 1 is 1.20 bits per heavy atom. The van der Waals surface area contributed by atoms with Crippen LogP contribution >= 0.6 is 22.4 Å². The third-order valence-corrected chi connectivity index (χ3v) is 4.82. The van der Waals surface area contributed by atoms with E-state index in [-0.39, 0.29) is 5.02 Å². The van der Waals surface area contributed by atoms with E-state index in [9.17, 15) is 21.6 Å². The lowest BCUT2D eigenvalue weighted by Gasteiger charge is -2.07. The molecule has 0 bridgehead atoms. The lowest BCUT2D eigenvalue weighted by Crippen LogP contribution is -2.07. The van der Waals surface area contributed by atoms with Gasteiger partial charge in [-0.3, -0.25) is 0 Å². The van der Waals surface area contributed by atoms with Crippen LogP contribution in [0.1, 0.15) is 0 Å². The van der Waals surface area contributed by atoms with Crippen molar-refractivity contribution in [2.24, 2.45) is 0 Å². The molecule has 8 heteroatoms. The average molecular weight is 277 g/mol. The second-order valence-corrected chi connectivity index (χ2v) is 6.61. The summed E-state index contributed by atoms with van der Waals surface area (Å²) in [4.78, 5) is -0.533. The maximum atomic E-state index is 11.9. The van der Waals surface area contributed by atoms with Crippen molar-refractivity contribution in [2.75, 3.05) is 0 Å². The van der Waals surface area contributed by atoms with Gasteiger partial charge >= 0.3 is 5.51 Å². The Morgan fingerprint density at radius 3 is 2.20 bits per heavy atom. The van der Waals surface area contributed by atoms with Crippen molar-refractivity contribution in [3.63, 3.8) is 0 Å². The van der Waals surface area contributed by atoms with Crippen molar-refractivity contribution >= 4 is 31.3 Å². The normalized spacial score (nSPS) is 12.8. The van der Waals surface area contributed by atoms with Crippen LogP contribution in [0.5, 0.6) is 0 Å². The summed E-state index contributed by atoms with van der Waals surface area (Å²) in [6, 6.07) is 4.97. The molecule has 15 heavy (non-hydrogen) atoms. The minimum atomic E-state index is -4.85. The monoisotopic (exact) mass is 276 g/mol. The summed E-state index contributed by atoms with van der Waals surface area (Å²) in [5, 5.41) is -0.228. The number of halogens is 4. The fourth-order valence-corrected chi connectivity index (χ4v) is 3.74. The molecule has 0 amide bonds. The number of benzene rings is 1. The van der Waals surface area contributed by atoms with Crippen LogP contribution in [-0.2, 0) is 8.87 Å². The predicted molar refractivity (Wildman–Crippen MR) is 52.3 cm³/mol. The van der Waals surface area contributed by atoms with E-state index < -0.39 is 30.1 Å². The summed E-state index contributed by atoms with van der Waals surface area (Å²) in [6.45, 7) is 0. The zero-order chi connectivity index (χ0) is 11.7. The Hall–Kier alpha value is -0.400. The molecule has 0 saturated carbocycles. The smallest absolute Gasteiger partial charge is 0.212 e. The van der Waals surface area contributed by atoms with Crippen LogP contribution in [0.3, 0.4) is 0 Å². The van der Waals surface area contributed by atoms with E-state index in [4.69, 9.17) is 11.6 Å². The van der Waals surface area contributed by atoms with Gasteiger partial charge in [-0.2, -0.15) is 13.2 Å². The first-order valence-electron chi connectivity index (χ1n) is 3.49. The Labute approximate surface area is 92.7 Å². The molecule has 0 aliphatic carbocycles. The summed E-state index contributed by atoms with van der Waals surface area (Å²) < 4.78 is 58.2. The lowest BCUT2D eigenvalue weighted by molar-refractivity contribution is -0.0312. The zero-order valence-electron chi connectivity index (χ0n) is 6.95. The van der Waals surface area contributed by atoms with Crippen molar-refractivity contribution in [3.8, 4) is 0 Å². The Kier molecular flexibility index (Phi) is 3.57. The minimum absolute atomic E-state index is 0.228. The highest BCUT2D eigenvalue weighted by Crippen LogP contribution is 2.40. The Balaban J connectivity index is 3.13. The maximum Gasteiger partial charge on any atom is 0.456 e. The molecule has 0 aliphatic heterocycles. The van der Waals surface area contributed by atoms with E-state index in [1.54, 1.807) is 0 Å². The van der Waals surface area contributed by atoms with Gasteiger partial charge < -0.3 is 0 Å². The minimum Gasteiger partial charge on any atom is -0.212 e. The van der Waals surface area contributed by atoms with Crippen molar-refractivity contribution in [1.29, 1.82) is 0 Å². The van der Waals surface area contributed by atoms with Gasteiger partial charge in [-0.05, 0) is 12.1 Å². The fraction of sp³-hybridized carbons (Fsp3) is 0.143. The highest BCUT2D eigenvalue weighted by Gasteiger charge is 2.38. The van der Waals surface area contributed by atoms with Gasteiger partial charge in [0.15, 0.2) is 0 Å². The molecule has 84 valence electrons. The molecule has 0 atom stereocenters. The molecule has 0 N–H and O–H groups in total. The molecule has 0 aromatic heterocycles. The summed E-state index contributed by atoms with van der Waals surface area (Å²) in [5.74, 6) is 0. The largest absolute Gasteiger partial charge is 0.456 e. The second kappa shape index (κ2) is 4.23. The Bertz CT molecular complexity index is 456. The lowest BCUT2D eigenvalue weighted by atomic mass is 10.4. The SMILES string of the molecule is O=S(=O)(SC(F)(F)F)c1ccccc1Cl. The summed E-state index contributed by atoms with van der Waals surface area (Å²) >= 11 is 5.48. The van der Waals surface area contributed by atoms with Crippen LogP contribution in [0.4, 0.5) is 13.2 Å². The van der Waals surface area contributed by atoms with Gasteiger partial charge in [-0.15, -0.1) is 0 Å². The maximum absolute atomic E-state index is 11.9. The van der Waals surface area contributed by atoms with Crippen molar-refractivity contribution in [3.05, 3.63) is 29.3 Å². The number of alkyl halides is 3. The van der Waals surface area contributed by atoms with E-state index in [1.165, 1.54) is 18.2 Å². The van der Waals surface area contributed by atoms with Crippen LogP contribution in [0.15, 0.2) is 29.2 Å². The van der Waals surface area contributed by atoms with Gasteiger partial charge in [-0.25, -0.2) is 8.42 Å². The summed E-state index contributed by atoms with van der Waals surface area (Å²) in [5.41, 5.74) is -4.85. The first-order chi connectivity index (χ1) is 6.72. The van der Waals surface area contributed by atoms with Crippen LogP contribution in [-0.4, -0.2) is 13.9 Å². The van der Waals surface area contributed by atoms with Crippen molar-refractivity contribution in [1.82, 2.24) is 0 Å². The molecule has 0 fully saturated rings. The number of hydrogen-bond acceptors (Lipinski definition) is 3. The third-order valence-electron chi connectivity index (χ3n) is 1.31. The molecule has 0 unspecified atom stereocenters. The van der Waals surface area contributed by atoms with Crippen LogP contribution < -0.4 is 0 Å². The molecule has 0 aliphatic rings. The van der Waals surface area contributed by atoms with Gasteiger partial charge in [-0.1, -0.05) is 23.7 Å². The van der Waals surface area contributed by atoms with E-state index in [0.29, 0.717) is 0 Å². The molecule has 0 radical (unpaired) electrons. The van der Waals surface area contributed by atoms with E-state index in [0.717, 1.165) is 6.07 Å².